The van der Waals surface area contributed by atoms with Crippen molar-refractivity contribution in [3.63, 3.8) is 0 Å². The number of ether oxygens (including phenoxy) is 2. The second-order valence-electron chi connectivity index (χ2n) is 4.86. The molecule has 0 spiro atoms. The van der Waals surface area contributed by atoms with Gasteiger partial charge in [-0.05, 0) is 31.5 Å². The summed E-state index contributed by atoms with van der Waals surface area (Å²) < 4.78 is 50.6. The van der Waals surface area contributed by atoms with Crippen LogP contribution in [0.15, 0.2) is 18.2 Å². The second-order valence-corrected chi connectivity index (χ2v) is 4.86. The van der Waals surface area contributed by atoms with Gasteiger partial charge in [-0.25, -0.2) is 4.98 Å². The molecule has 0 unspecified atom stereocenters. The van der Waals surface area contributed by atoms with Crippen molar-refractivity contribution in [1.82, 2.24) is 9.55 Å². The average molecular weight is 316 g/mol. The number of hydrogen-bond donors (Lipinski definition) is 0. The molecule has 0 aliphatic carbocycles. The fraction of sp³-hybridized carbons (Fsp3) is 0.533. The van der Waals surface area contributed by atoms with Crippen molar-refractivity contribution in [2.24, 2.45) is 0 Å². The minimum atomic E-state index is -4.37. The number of aryl methyl sites for hydroxylation is 1. The van der Waals surface area contributed by atoms with Gasteiger partial charge in [0.25, 0.3) is 0 Å². The largest absolute Gasteiger partial charge is 0.416 e. The molecule has 0 fully saturated rings. The second kappa shape index (κ2) is 7.11. The van der Waals surface area contributed by atoms with E-state index < -0.39 is 11.7 Å². The van der Waals surface area contributed by atoms with E-state index in [-0.39, 0.29) is 6.61 Å². The molecule has 0 saturated heterocycles. The summed E-state index contributed by atoms with van der Waals surface area (Å²) in [6.45, 7) is 4.04. The highest BCUT2D eigenvalue weighted by Crippen LogP contribution is 2.31. The number of halogens is 3. The van der Waals surface area contributed by atoms with Gasteiger partial charge in [-0.15, -0.1) is 0 Å². The van der Waals surface area contributed by atoms with Crippen LogP contribution in [-0.2, 0) is 28.8 Å². The fourth-order valence-electron chi connectivity index (χ4n) is 2.31. The third-order valence-corrected chi connectivity index (χ3v) is 3.30. The normalized spacial score (nSPS) is 12.2. The molecule has 0 saturated carbocycles. The Labute approximate surface area is 126 Å². The lowest BCUT2D eigenvalue weighted by Crippen LogP contribution is -2.08. The van der Waals surface area contributed by atoms with Gasteiger partial charge in [-0.1, -0.05) is 0 Å². The van der Waals surface area contributed by atoms with E-state index in [1.54, 1.807) is 0 Å². The molecule has 0 bridgehead atoms. The Morgan fingerprint density at radius 3 is 2.68 bits per heavy atom. The van der Waals surface area contributed by atoms with E-state index in [1.165, 1.54) is 13.2 Å². The van der Waals surface area contributed by atoms with Crippen molar-refractivity contribution in [2.75, 3.05) is 20.3 Å². The maximum atomic E-state index is 12.8. The molecule has 0 atom stereocenters. The number of fused-ring (bicyclic) bond motifs is 1. The summed E-state index contributed by atoms with van der Waals surface area (Å²) in [4.78, 5) is 4.27. The molecular weight excluding hydrogens is 297 g/mol. The van der Waals surface area contributed by atoms with Crippen molar-refractivity contribution in [3.8, 4) is 0 Å². The molecule has 0 aliphatic rings. The van der Waals surface area contributed by atoms with Gasteiger partial charge in [0.1, 0.15) is 12.4 Å². The molecule has 1 aromatic carbocycles. The van der Waals surface area contributed by atoms with Crippen LogP contribution < -0.4 is 0 Å². The molecule has 0 amide bonds. The minimum absolute atomic E-state index is 0.255. The number of aromatic nitrogens is 2. The zero-order valence-electron chi connectivity index (χ0n) is 12.6. The zero-order chi connectivity index (χ0) is 16.2. The fourth-order valence-corrected chi connectivity index (χ4v) is 2.31. The van der Waals surface area contributed by atoms with E-state index in [9.17, 15) is 13.2 Å². The summed E-state index contributed by atoms with van der Waals surface area (Å²) in [7, 11) is 1.53. The Balaban J connectivity index is 2.33. The molecule has 7 heteroatoms. The number of alkyl halides is 3. The van der Waals surface area contributed by atoms with Crippen LogP contribution in [0, 0.1) is 0 Å². The quantitative estimate of drug-likeness (QED) is 0.732. The van der Waals surface area contributed by atoms with E-state index in [0.29, 0.717) is 36.6 Å². The Bertz CT molecular complexity index is 623. The SMILES string of the molecule is CCOCCCn1c(COC)nc2cc(C(F)(F)F)ccc21. The summed E-state index contributed by atoms with van der Waals surface area (Å²) in [6, 6.07) is 3.62. The molecule has 1 heterocycles. The van der Waals surface area contributed by atoms with Gasteiger partial charge in [0.2, 0.25) is 0 Å². The molecule has 4 nitrogen and oxygen atoms in total. The number of imidazole rings is 1. The molecule has 0 radical (unpaired) electrons. The van der Waals surface area contributed by atoms with Crippen LogP contribution in [0.4, 0.5) is 13.2 Å². The van der Waals surface area contributed by atoms with Crippen LogP contribution in [0.2, 0.25) is 0 Å². The maximum absolute atomic E-state index is 12.8. The maximum Gasteiger partial charge on any atom is 0.416 e. The molecule has 0 N–H and O–H groups in total. The van der Waals surface area contributed by atoms with Crippen LogP contribution in [0.1, 0.15) is 24.7 Å². The Kier molecular flexibility index (Phi) is 5.42. The van der Waals surface area contributed by atoms with E-state index in [2.05, 4.69) is 4.98 Å². The molecule has 2 rings (SSSR count). The van der Waals surface area contributed by atoms with Gasteiger partial charge >= 0.3 is 6.18 Å². The number of benzene rings is 1. The average Bonchev–Trinajstić information content (AvgIpc) is 2.80. The highest BCUT2D eigenvalue weighted by Gasteiger charge is 2.31. The summed E-state index contributed by atoms with van der Waals surface area (Å²) in [5.41, 5.74) is 0.317. The predicted molar refractivity (Wildman–Crippen MR) is 76.6 cm³/mol. The first-order valence-electron chi connectivity index (χ1n) is 7.10. The van der Waals surface area contributed by atoms with E-state index >= 15 is 0 Å². The first-order chi connectivity index (χ1) is 10.5. The summed E-state index contributed by atoms with van der Waals surface area (Å²) in [5, 5.41) is 0. The summed E-state index contributed by atoms with van der Waals surface area (Å²) in [6.07, 6.45) is -3.61. The summed E-state index contributed by atoms with van der Waals surface area (Å²) in [5.74, 6) is 0.619. The van der Waals surface area contributed by atoms with Crippen molar-refractivity contribution in [1.29, 1.82) is 0 Å². The monoisotopic (exact) mass is 316 g/mol. The molecule has 122 valence electrons. The van der Waals surface area contributed by atoms with Crippen LogP contribution in [0.3, 0.4) is 0 Å². The standard InChI is InChI=1S/C15H19F3N2O2/c1-3-22-8-4-7-20-13-6-5-11(15(16,17)18)9-12(13)19-14(20)10-21-2/h5-6,9H,3-4,7-8,10H2,1-2H3. The van der Waals surface area contributed by atoms with E-state index in [0.717, 1.165) is 18.6 Å². The first kappa shape index (κ1) is 16.8. The van der Waals surface area contributed by atoms with Crippen molar-refractivity contribution in [2.45, 2.75) is 32.7 Å². The summed E-state index contributed by atoms with van der Waals surface area (Å²) >= 11 is 0. The van der Waals surface area contributed by atoms with Gasteiger partial charge in [0.05, 0.1) is 16.6 Å². The Morgan fingerprint density at radius 2 is 2.05 bits per heavy atom. The highest BCUT2D eigenvalue weighted by atomic mass is 19.4. The minimum Gasteiger partial charge on any atom is -0.382 e. The number of nitrogens with zero attached hydrogens (tertiary/aromatic N) is 2. The van der Waals surface area contributed by atoms with Gasteiger partial charge in [-0.2, -0.15) is 13.2 Å². The van der Waals surface area contributed by atoms with E-state index in [4.69, 9.17) is 9.47 Å². The third kappa shape index (κ3) is 3.78. The smallest absolute Gasteiger partial charge is 0.382 e. The number of hydrogen-bond acceptors (Lipinski definition) is 3. The zero-order valence-corrected chi connectivity index (χ0v) is 12.6. The van der Waals surface area contributed by atoms with Gasteiger partial charge in [-0.3, -0.25) is 0 Å². The van der Waals surface area contributed by atoms with Gasteiger partial charge < -0.3 is 14.0 Å². The van der Waals surface area contributed by atoms with Crippen molar-refractivity contribution in [3.05, 3.63) is 29.6 Å². The van der Waals surface area contributed by atoms with Crippen molar-refractivity contribution < 1.29 is 22.6 Å². The Morgan fingerprint density at radius 1 is 1.27 bits per heavy atom. The molecular formula is C15H19F3N2O2. The van der Waals surface area contributed by atoms with Crippen molar-refractivity contribution >= 4 is 11.0 Å². The number of rotatable bonds is 7. The molecule has 1 aromatic heterocycles. The van der Waals surface area contributed by atoms with Crippen LogP contribution in [-0.4, -0.2) is 29.9 Å². The first-order valence-corrected chi connectivity index (χ1v) is 7.10. The topological polar surface area (TPSA) is 36.3 Å². The molecule has 2 aromatic rings. The van der Waals surface area contributed by atoms with Gasteiger partial charge in [0, 0.05) is 26.9 Å². The lowest BCUT2D eigenvalue weighted by Gasteiger charge is -2.09. The Hall–Kier alpha value is -1.60. The van der Waals surface area contributed by atoms with Crippen LogP contribution in [0.25, 0.3) is 11.0 Å². The van der Waals surface area contributed by atoms with E-state index in [1.807, 2.05) is 11.5 Å². The van der Waals surface area contributed by atoms with Crippen LogP contribution in [0.5, 0.6) is 0 Å². The lowest BCUT2D eigenvalue weighted by molar-refractivity contribution is -0.137. The third-order valence-electron chi connectivity index (χ3n) is 3.30. The molecule has 22 heavy (non-hydrogen) atoms. The molecule has 0 aliphatic heterocycles. The lowest BCUT2D eigenvalue weighted by atomic mass is 10.2. The highest BCUT2D eigenvalue weighted by molar-refractivity contribution is 5.77. The van der Waals surface area contributed by atoms with Gasteiger partial charge in [0.15, 0.2) is 0 Å². The van der Waals surface area contributed by atoms with Crippen LogP contribution >= 0.6 is 0 Å². The number of methoxy groups -OCH3 is 1. The predicted octanol–water partition coefficient (Wildman–Crippen LogP) is 3.63.